The van der Waals surface area contributed by atoms with Crippen LogP contribution in [0.25, 0.3) is 11.0 Å². The average Bonchev–Trinajstić information content (AvgIpc) is 3.04. The molecule has 0 atom stereocenters. The van der Waals surface area contributed by atoms with Crippen molar-refractivity contribution in [1.82, 2.24) is 14.6 Å². The van der Waals surface area contributed by atoms with Crippen molar-refractivity contribution in [3.05, 3.63) is 95.1 Å². The average molecular weight is 484 g/mol. The van der Waals surface area contributed by atoms with E-state index in [1.54, 1.807) is 6.08 Å². The van der Waals surface area contributed by atoms with Crippen molar-refractivity contribution in [1.29, 1.82) is 0 Å². The Morgan fingerprint density at radius 1 is 1.10 bits per heavy atom. The van der Waals surface area contributed by atoms with E-state index in [1.165, 1.54) is 4.52 Å². The number of thiazole rings is 1. The summed E-state index contributed by atoms with van der Waals surface area (Å²) >= 11 is 4.55. The predicted molar refractivity (Wildman–Crippen MR) is 121 cm³/mol. The lowest BCUT2D eigenvalue weighted by molar-refractivity contribution is 0.317. The number of hydrogen-bond acceptors (Lipinski definition) is 6. The Morgan fingerprint density at radius 2 is 1.83 bits per heavy atom. The molecular weight excluding hydrogens is 466 g/mol. The molecule has 0 unspecified atom stereocenters. The monoisotopic (exact) mass is 483 g/mol. The molecule has 152 valence electrons. The zero-order valence-electron chi connectivity index (χ0n) is 16.2. The molecule has 0 N–H and O–H groups in total. The molecule has 0 radical (unpaired) electrons. The van der Waals surface area contributed by atoms with E-state index in [0.29, 0.717) is 22.5 Å². The van der Waals surface area contributed by atoms with Crippen molar-refractivity contribution in [3.8, 4) is 5.75 Å². The van der Waals surface area contributed by atoms with E-state index < -0.39 is 5.56 Å². The first-order valence-corrected chi connectivity index (χ1v) is 11.1. The minimum Gasteiger partial charge on any atom is -0.494 e. The zero-order valence-corrected chi connectivity index (χ0v) is 18.6. The van der Waals surface area contributed by atoms with Crippen LogP contribution in [-0.4, -0.2) is 21.2 Å². The molecule has 4 aromatic rings. The summed E-state index contributed by atoms with van der Waals surface area (Å²) in [6, 6.07) is 15.1. The van der Waals surface area contributed by atoms with Crippen LogP contribution in [0.15, 0.2) is 62.6 Å². The summed E-state index contributed by atoms with van der Waals surface area (Å²) in [7, 11) is 0. The van der Waals surface area contributed by atoms with Crippen LogP contribution >= 0.6 is 27.3 Å². The van der Waals surface area contributed by atoms with Gasteiger partial charge in [-0.1, -0.05) is 58.5 Å². The van der Waals surface area contributed by atoms with Crippen LogP contribution in [0, 0.1) is 0 Å². The molecule has 0 aliphatic rings. The molecule has 0 fully saturated rings. The molecule has 0 spiro atoms. The second kappa shape index (κ2) is 8.89. The minimum atomic E-state index is -0.419. The Labute approximate surface area is 184 Å². The predicted octanol–water partition coefficient (Wildman–Crippen LogP) is 3.20. The van der Waals surface area contributed by atoms with E-state index in [-0.39, 0.29) is 11.3 Å². The van der Waals surface area contributed by atoms with E-state index >= 15 is 0 Å². The van der Waals surface area contributed by atoms with Gasteiger partial charge in [0.2, 0.25) is 4.96 Å². The fourth-order valence-corrected chi connectivity index (χ4v) is 4.05. The number of nitrogens with zero attached hydrogens (tertiary/aromatic N) is 3. The van der Waals surface area contributed by atoms with Crippen LogP contribution in [0.2, 0.25) is 0 Å². The molecule has 2 heterocycles. The molecule has 0 aliphatic heterocycles. The Morgan fingerprint density at radius 3 is 2.53 bits per heavy atom. The summed E-state index contributed by atoms with van der Waals surface area (Å²) in [5.41, 5.74) is 1.32. The standard InChI is InChI=1S/C22H18BrN3O3S/c1-2-11-29-17-9-5-14(6-10-17)12-18-20(27)24-22-26(25-18)21(28)19(30-22)13-15-3-7-16(23)8-4-15/h3-10,13H,2,11-12H2,1H3. The molecular formula is C22H18BrN3O3S. The first-order valence-electron chi connectivity index (χ1n) is 9.45. The van der Waals surface area contributed by atoms with E-state index in [1.807, 2.05) is 55.5 Å². The normalized spacial score (nSPS) is 11.9. The van der Waals surface area contributed by atoms with Gasteiger partial charge in [0.25, 0.3) is 11.1 Å². The largest absolute Gasteiger partial charge is 0.494 e. The van der Waals surface area contributed by atoms with Gasteiger partial charge in [0.15, 0.2) is 0 Å². The van der Waals surface area contributed by atoms with Crippen molar-refractivity contribution in [2.45, 2.75) is 19.8 Å². The first kappa shape index (κ1) is 20.4. The molecule has 0 amide bonds. The number of hydrogen-bond donors (Lipinski definition) is 0. The van der Waals surface area contributed by atoms with Gasteiger partial charge in [-0.15, -0.1) is 0 Å². The number of benzene rings is 2. The van der Waals surface area contributed by atoms with Gasteiger partial charge in [0.1, 0.15) is 11.4 Å². The Hall–Kier alpha value is -2.84. The molecule has 0 saturated carbocycles. The van der Waals surface area contributed by atoms with Crippen LogP contribution in [0.4, 0.5) is 0 Å². The maximum atomic E-state index is 12.8. The fourth-order valence-electron chi connectivity index (χ4n) is 2.88. The van der Waals surface area contributed by atoms with E-state index in [2.05, 4.69) is 26.0 Å². The number of halogens is 1. The number of aromatic nitrogens is 3. The van der Waals surface area contributed by atoms with Crippen molar-refractivity contribution < 1.29 is 4.74 Å². The van der Waals surface area contributed by atoms with Gasteiger partial charge in [-0.3, -0.25) is 9.59 Å². The Kier molecular flexibility index (Phi) is 6.06. The zero-order chi connectivity index (χ0) is 21.1. The second-order valence-electron chi connectivity index (χ2n) is 6.69. The molecule has 0 bridgehead atoms. The summed E-state index contributed by atoms with van der Waals surface area (Å²) in [6.45, 7) is 2.71. The minimum absolute atomic E-state index is 0.236. The SMILES string of the molecule is CCCOc1ccc(Cc2nn3c(=O)c(=Cc4ccc(Br)cc4)sc3nc2=O)cc1. The lowest BCUT2D eigenvalue weighted by Gasteiger charge is -2.05. The Balaban J connectivity index is 1.66. The molecule has 0 saturated heterocycles. The van der Waals surface area contributed by atoms with Gasteiger partial charge >= 0.3 is 0 Å². The maximum Gasteiger partial charge on any atom is 0.296 e. The number of rotatable bonds is 6. The lowest BCUT2D eigenvalue weighted by Crippen LogP contribution is -2.28. The Bertz CT molecular complexity index is 1350. The van der Waals surface area contributed by atoms with Crippen molar-refractivity contribution in [3.63, 3.8) is 0 Å². The van der Waals surface area contributed by atoms with Gasteiger partial charge < -0.3 is 4.74 Å². The van der Waals surface area contributed by atoms with Gasteiger partial charge in [-0.05, 0) is 47.9 Å². The highest BCUT2D eigenvalue weighted by molar-refractivity contribution is 9.10. The molecule has 2 aromatic heterocycles. The summed E-state index contributed by atoms with van der Waals surface area (Å²) in [4.78, 5) is 29.6. The van der Waals surface area contributed by atoms with Gasteiger partial charge in [-0.2, -0.15) is 14.6 Å². The van der Waals surface area contributed by atoms with E-state index in [9.17, 15) is 9.59 Å². The summed E-state index contributed by atoms with van der Waals surface area (Å²) in [5.74, 6) is 0.784. The van der Waals surface area contributed by atoms with Crippen LogP contribution in [0.3, 0.4) is 0 Å². The highest BCUT2D eigenvalue weighted by atomic mass is 79.9. The lowest BCUT2D eigenvalue weighted by atomic mass is 10.1. The van der Waals surface area contributed by atoms with E-state index in [4.69, 9.17) is 4.74 Å². The van der Waals surface area contributed by atoms with Crippen molar-refractivity contribution in [2.75, 3.05) is 6.61 Å². The smallest absolute Gasteiger partial charge is 0.296 e. The highest BCUT2D eigenvalue weighted by Crippen LogP contribution is 2.14. The molecule has 8 heteroatoms. The highest BCUT2D eigenvalue weighted by Gasteiger charge is 2.12. The summed E-state index contributed by atoms with van der Waals surface area (Å²) in [6.07, 6.45) is 3.01. The van der Waals surface area contributed by atoms with Crippen molar-refractivity contribution >= 4 is 38.3 Å². The maximum absolute atomic E-state index is 12.8. The third-order valence-corrected chi connectivity index (χ3v) is 5.87. The van der Waals surface area contributed by atoms with Crippen LogP contribution in [-0.2, 0) is 6.42 Å². The molecule has 4 rings (SSSR count). The summed E-state index contributed by atoms with van der Waals surface area (Å²) < 4.78 is 8.23. The molecule has 6 nitrogen and oxygen atoms in total. The molecule has 2 aromatic carbocycles. The van der Waals surface area contributed by atoms with E-state index in [0.717, 1.165) is 39.1 Å². The van der Waals surface area contributed by atoms with Crippen LogP contribution < -0.4 is 20.4 Å². The van der Waals surface area contributed by atoms with Gasteiger partial charge in [0.05, 0.1) is 11.1 Å². The van der Waals surface area contributed by atoms with Gasteiger partial charge in [-0.25, -0.2) is 0 Å². The van der Waals surface area contributed by atoms with Crippen LogP contribution in [0.1, 0.15) is 30.2 Å². The third kappa shape index (κ3) is 4.49. The quantitative estimate of drug-likeness (QED) is 0.421. The van der Waals surface area contributed by atoms with Crippen molar-refractivity contribution in [2.24, 2.45) is 0 Å². The first-order chi connectivity index (χ1) is 14.5. The third-order valence-electron chi connectivity index (χ3n) is 4.39. The molecule has 0 aliphatic carbocycles. The second-order valence-corrected chi connectivity index (χ2v) is 8.62. The summed E-state index contributed by atoms with van der Waals surface area (Å²) in [5, 5.41) is 4.30. The fraction of sp³-hybridized carbons (Fsp3) is 0.182. The molecule has 30 heavy (non-hydrogen) atoms. The van der Waals surface area contributed by atoms with Gasteiger partial charge in [0, 0.05) is 10.9 Å². The van der Waals surface area contributed by atoms with Crippen LogP contribution in [0.5, 0.6) is 5.75 Å². The number of fused-ring (bicyclic) bond motifs is 1. The topological polar surface area (TPSA) is 73.6 Å². The number of ether oxygens (including phenoxy) is 1.